The lowest BCUT2D eigenvalue weighted by Crippen LogP contribution is -2.18. The van der Waals surface area contributed by atoms with Crippen molar-refractivity contribution in [3.8, 4) is 0 Å². The fourth-order valence-corrected chi connectivity index (χ4v) is 1.89. The van der Waals surface area contributed by atoms with Crippen LogP contribution in [0.4, 0.5) is 0 Å². The highest BCUT2D eigenvalue weighted by Gasteiger charge is 2.09. The molecule has 0 aliphatic rings. The quantitative estimate of drug-likeness (QED) is 0.637. The minimum atomic E-state index is -3.76. The van der Waals surface area contributed by atoms with Gasteiger partial charge in [-0.15, -0.1) is 0 Å². The summed E-state index contributed by atoms with van der Waals surface area (Å²) in [7, 11) is -3.76. The lowest BCUT2D eigenvalue weighted by molar-refractivity contribution is 0.0955. The Kier molecular flexibility index (Phi) is 3.97. The van der Waals surface area contributed by atoms with Crippen molar-refractivity contribution in [2.45, 2.75) is 4.90 Å². The number of nitrogens with two attached hydrogens (primary N) is 1. The number of furan rings is 1. The van der Waals surface area contributed by atoms with Crippen LogP contribution in [0.1, 0.15) is 15.9 Å². The van der Waals surface area contributed by atoms with Gasteiger partial charge in [0.05, 0.1) is 23.6 Å². The SMILES string of the molecule is NS(=O)(=O)c1ccc(C(=O)N/N=C/c2ccoc2)cc1. The molecule has 2 aromatic rings. The minimum Gasteiger partial charge on any atom is -0.472 e. The molecule has 0 bridgehead atoms. The molecule has 0 fully saturated rings. The summed E-state index contributed by atoms with van der Waals surface area (Å²) in [5.74, 6) is -0.467. The van der Waals surface area contributed by atoms with E-state index < -0.39 is 15.9 Å². The molecule has 1 aromatic heterocycles. The van der Waals surface area contributed by atoms with Gasteiger partial charge in [0.15, 0.2) is 0 Å². The third kappa shape index (κ3) is 3.53. The van der Waals surface area contributed by atoms with Crippen molar-refractivity contribution in [1.29, 1.82) is 0 Å². The maximum absolute atomic E-state index is 11.7. The van der Waals surface area contributed by atoms with E-state index in [2.05, 4.69) is 10.5 Å². The van der Waals surface area contributed by atoms with E-state index in [0.29, 0.717) is 5.56 Å². The molecule has 20 heavy (non-hydrogen) atoms. The second kappa shape index (κ2) is 5.68. The third-order valence-corrected chi connectivity index (χ3v) is 3.30. The minimum absolute atomic E-state index is 0.0593. The van der Waals surface area contributed by atoms with Gasteiger partial charge >= 0.3 is 0 Å². The van der Waals surface area contributed by atoms with Gasteiger partial charge in [-0.05, 0) is 30.3 Å². The molecular weight excluding hydrogens is 282 g/mol. The Hall–Kier alpha value is -2.45. The molecule has 0 saturated carbocycles. The number of sulfonamides is 1. The van der Waals surface area contributed by atoms with Crippen LogP contribution in [0.2, 0.25) is 0 Å². The highest BCUT2D eigenvalue weighted by molar-refractivity contribution is 7.89. The zero-order valence-electron chi connectivity index (χ0n) is 10.2. The number of hydrogen-bond acceptors (Lipinski definition) is 5. The van der Waals surface area contributed by atoms with Crippen molar-refractivity contribution in [3.63, 3.8) is 0 Å². The number of nitrogens with zero attached hydrogens (tertiary/aromatic N) is 1. The van der Waals surface area contributed by atoms with Crippen LogP contribution in [0.25, 0.3) is 0 Å². The summed E-state index contributed by atoms with van der Waals surface area (Å²) in [5, 5.41) is 8.69. The number of rotatable bonds is 4. The average Bonchev–Trinajstić information content (AvgIpc) is 2.91. The predicted molar refractivity (Wildman–Crippen MR) is 71.6 cm³/mol. The molecule has 1 heterocycles. The van der Waals surface area contributed by atoms with Crippen molar-refractivity contribution in [1.82, 2.24) is 5.43 Å². The summed E-state index contributed by atoms with van der Waals surface area (Å²) in [6, 6.07) is 6.88. The molecule has 104 valence electrons. The molecule has 8 heteroatoms. The highest BCUT2D eigenvalue weighted by Crippen LogP contribution is 2.08. The van der Waals surface area contributed by atoms with Crippen molar-refractivity contribution in [3.05, 3.63) is 54.0 Å². The maximum Gasteiger partial charge on any atom is 0.271 e. The second-order valence-electron chi connectivity index (χ2n) is 3.83. The van der Waals surface area contributed by atoms with Crippen molar-refractivity contribution < 1.29 is 17.6 Å². The number of amides is 1. The van der Waals surface area contributed by atoms with E-state index in [0.717, 1.165) is 0 Å². The molecular formula is C12H11N3O4S. The summed E-state index contributed by atoms with van der Waals surface area (Å²) < 4.78 is 27.0. The van der Waals surface area contributed by atoms with Gasteiger partial charge in [-0.1, -0.05) is 0 Å². The first-order chi connectivity index (χ1) is 9.47. The van der Waals surface area contributed by atoms with Gasteiger partial charge in [-0.3, -0.25) is 4.79 Å². The van der Waals surface area contributed by atoms with Crippen LogP contribution in [-0.2, 0) is 10.0 Å². The number of nitrogens with one attached hydrogen (secondary N) is 1. The Labute approximate surface area is 115 Å². The summed E-state index contributed by atoms with van der Waals surface area (Å²) in [4.78, 5) is 11.6. The van der Waals surface area contributed by atoms with E-state index in [-0.39, 0.29) is 10.5 Å². The zero-order valence-corrected chi connectivity index (χ0v) is 11.0. The molecule has 3 N–H and O–H groups in total. The van der Waals surface area contributed by atoms with E-state index in [4.69, 9.17) is 9.56 Å². The van der Waals surface area contributed by atoms with Gasteiger partial charge in [0.2, 0.25) is 10.0 Å². The number of carbonyl (C=O) groups excluding carboxylic acids is 1. The fraction of sp³-hybridized carbons (Fsp3) is 0. The number of carbonyl (C=O) groups is 1. The zero-order chi connectivity index (χ0) is 14.6. The van der Waals surface area contributed by atoms with E-state index in [1.54, 1.807) is 6.07 Å². The van der Waals surface area contributed by atoms with Gasteiger partial charge in [-0.25, -0.2) is 19.0 Å². The predicted octanol–water partition coefficient (Wildman–Crippen LogP) is 0.691. The Morgan fingerprint density at radius 1 is 1.25 bits per heavy atom. The lowest BCUT2D eigenvalue weighted by atomic mass is 10.2. The van der Waals surface area contributed by atoms with Gasteiger partial charge < -0.3 is 4.42 Å². The highest BCUT2D eigenvalue weighted by atomic mass is 32.2. The molecule has 0 saturated heterocycles. The van der Waals surface area contributed by atoms with Crippen LogP contribution in [0.3, 0.4) is 0 Å². The molecule has 0 aliphatic heterocycles. The van der Waals surface area contributed by atoms with Gasteiger partial charge in [-0.2, -0.15) is 5.10 Å². The molecule has 0 radical (unpaired) electrons. The topological polar surface area (TPSA) is 115 Å². The molecule has 2 rings (SSSR count). The molecule has 0 aliphatic carbocycles. The molecule has 0 spiro atoms. The molecule has 7 nitrogen and oxygen atoms in total. The van der Waals surface area contributed by atoms with Gasteiger partial charge in [0.1, 0.15) is 0 Å². The molecule has 0 atom stereocenters. The standard InChI is InChI=1S/C12H11N3O4S/c13-20(17,18)11-3-1-10(2-4-11)12(16)15-14-7-9-5-6-19-8-9/h1-8H,(H,15,16)(H2,13,17,18)/b14-7+. The lowest BCUT2D eigenvalue weighted by Gasteiger charge is -2.01. The number of hydrazone groups is 1. The molecule has 1 aromatic carbocycles. The number of hydrogen-bond donors (Lipinski definition) is 2. The Bertz CT molecular complexity index is 719. The first kappa shape index (κ1) is 14.0. The Balaban J connectivity index is 2.03. The number of benzene rings is 1. The summed E-state index contributed by atoms with van der Waals surface area (Å²) >= 11 is 0. The van der Waals surface area contributed by atoms with Crippen molar-refractivity contribution in [2.24, 2.45) is 10.2 Å². The van der Waals surface area contributed by atoms with Crippen LogP contribution in [-0.4, -0.2) is 20.5 Å². The average molecular weight is 293 g/mol. The van der Waals surface area contributed by atoms with Crippen LogP contribution >= 0.6 is 0 Å². The largest absolute Gasteiger partial charge is 0.472 e. The first-order valence-electron chi connectivity index (χ1n) is 5.45. The fourth-order valence-electron chi connectivity index (χ4n) is 1.37. The monoisotopic (exact) mass is 293 g/mol. The van der Waals surface area contributed by atoms with E-state index in [9.17, 15) is 13.2 Å². The summed E-state index contributed by atoms with van der Waals surface area (Å²) in [5.41, 5.74) is 3.27. The van der Waals surface area contributed by atoms with Gasteiger partial charge in [0.25, 0.3) is 5.91 Å². The normalized spacial score (nSPS) is 11.7. The Morgan fingerprint density at radius 3 is 2.50 bits per heavy atom. The van der Waals surface area contributed by atoms with Gasteiger partial charge in [0, 0.05) is 11.1 Å². The number of primary sulfonamides is 1. The second-order valence-corrected chi connectivity index (χ2v) is 5.39. The van der Waals surface area contributed by atoms with Crippen LogP contribution in [0, 0.1) is 0 Å². The summed E-state index contributed by atoms with van der Waals surface area (Å²) in [6.45, 7) is 0. The smallest absolute Gasteiger partial charge is 0.271 e. The molecule has 1 amide bonds. The summed E-state index contributed by atoms with van der Waals surface area (Å²) in [6.07, 6.45) is 4.37. The van der Waals surface area contributed by atoms with E-state index in [1.165, 1.54) is 43.0 Å². The van der Waals surface area contributed by atoms with E-state index >= 15 is 0 Å². The van der Waals surface area contributed by atoms with Crippen molar-refractivity contribution >= 4 is 22.1 Å². The van der Waals surface area contributed by atoms with Crippen LogP contribution in [0.15, 0.2) is 57.3 Å². The van der Waals surface area contributed by atoms with Crippen LogP contribution < -0.4 is 10.6 Å². The third-order valence-electron chi connectivity index (χ3n) is 2.37. The molecule has 0 unspecified atom stereocenters. The van der Waals surface area contributed by atoms with Crippen LogP contribution in [0.5, 0.6) is 0 Å². The first-order valence-corrected chi connectivity index (χ1v) is 7.00. The van der Waals surface area contributed by atoms with E-state index in [1.807, 2.05) is 0 Å². The van der Waals surface area contributed by atoms with Crippen molar-refractivity contribution in [2.75, 3.05) is 0 Å². The Morgan fingerprint density at radius 2 is 1.95 bits per heavy atom. The maximum atomic E-state index is 11.7.